The number of fused-ring (bicyclic) bond motifs is 1. The number of rotatable bonds is 5. The first-order valence-corrected chi connectivity index (χ1v) is 8.17. The van der Waals surface area contributed by atoms with Gasteiger partial charge in [0.05, 0.1) is 23.4 Å². The molecule has 0 saturated carbocycles. The molecule has 1 amide bonds. The van der Waals surface area contributed by atoms with Crippen LogP contribution in [0.5, 0.6) is 5.75 Å². The monoisotopic (exact) mass is 350 g/mol. The number of anilines is 1. The quantitative estimate of drug-likeness (QED) is 0.727. The Hall–Kier alpha value is -3.41. The van der Waals surface area contributed by atoms with Crippen LogP contribution >= 0.6 is 0 Å². The molecule has 3 rings (SSSR count). The number of amides is 1. The summed E-state index contributed by atoms with van der Waals surface area (Å²) in [7, 11) is 0. The Morgan fingerprint density at radius 2 is 1.85 bits per heavy atom. The molecular formula is C20H18N2O4. The number of hydrogen-bond acceptors (Lipinski definition) is 4. The largest absolute Gasteiger partial charge is 0.494 e. The van der Waals surface area contributed by atoms with E-state index in [0.29, 0.717) is 28.9 Å². The highest BCUT2D eigenvalue weighted by atomic mass is 16.5. The average Bonchev–Trinajstić information content (AvgIpc) is 2.61. The molecule has 132 valence electrons. The van der Waals surface area contributed by atoms with Gasteiger partial charge in [-0.3, -0.25) is 4.79 Å². The maximum atomic E-state index is 11.7. The topological polar surface area (TPSA) is 88.5 Å². The van der Waals surface area contributed by atoms with E-state index in [9.17, 15) is 14.7 Å². The Kier molecular flexibility index (Phi) is 4.84. The van der Waals surface area contributed by atoms with Crippen LogP contribution in [0.2, 0.25) is 0 Å². The third-order valence-corrected chi connectivity index (χ3v) is 3.82. The van der Waals surface area contributed by atoms with Gasteiger partial charge in [0, 0.05) is 23.6 Å². The molecular weight excluding hydrogens is 332 g/mol. The summed E-state index contributed by atoms with van der Waals surface area (Å²) in [6, 6.07) is 13.9. The summed E-state index contributed by atoms with van der Waals surface area (Å²) in [5, 5.41) is 12.7. The van der Waals surface area contributed by atoms with E-state index in [-0.39, 0.29) is 11.5 Å². The van der Waals surface area contributed by atoms with Crippen molar-refractivity contribution in [3.05, 3.63) is 54.1 Å². The van der Waals surface area contributed by atoms with Crippen LogP contribution in [0.25, 0.3) is 22.2 Å². The number of pyridine rings is 1. The molecule has 2 N–H and O–H groups in total. The van der Waals surface area contributed by atoms with Gasteiger partial charge in [0.1, 0.15) is 5.75 Å². The molecule has 0 aliphatic rings. The summed E-state index contributed by atoms with van der Waals surface area (Å²) >= 11 is 0. The standard InChI is InChI=1S/C20H18N2O4/c1-3-26-15-7-4-13(5-8-15)19-11-17(20(24)25)16-10-14(21-12(2)23)6-9-18(16)22-19/h4-11H,3H2,1-2H3,(H,21,23)(H,24,25). The van der Waals surface area contributed by atoms with Gasteiger partial charge in [0.15, 0.2) is 0 Å². The zero-order valence-corrected chi connectivity index (χ0v) is 14.4. The maximum Gasteiger partial charge on any atom is 0.336 e. The first kappa shape index (κ1) is 17.4. The number of hydrogen-bond donors (Lipinski definition) is 2. The fourth-order valence-corrected chi connectivity index (χ4v) is 2.72. The minimum atomic E-state index is -1.05. The third-order valence-electron chi connectivity index (χ3n) is 3.82. The highest BCUT2D eigenvalue weighted by Gasteiger charge is 2.14. The molecule has 0 aliphatic carbocycles. The Morgan fingerprint density at radius 3 is 2.46 bits per heavy atom. The highest BCUT2D eigenvalue weighted by Crippen LogP contribution is 2.28. The van der Waals surface area contributed by atoms with Crippen LogP contribution in [0.3, 0.4) is 0 Å². The van der Waals surface area contributed by atoms with Gasteiger partial charge >= 0.3 is 5.97 Å². The lowest BCUT2D eigenvalue weighted by atomic mass is 10.0. The molecule has 0 aliphatic heterocycles. The van der Waals surface area contributed by atoms with Crippen molar-refractivity contribution in [2.75, 3.05) is 11.9 Å². The molecule has 0 bridgehead atoms. The molecule has 0 radical (unpaired) electrons. The van der Waals surface area contributed by atoms with Gasteiger partial charge < -0.3 is 15.2 Å². The molecule has 1 heterocycles. The van der Waals surface area contributed by atoms with Crippen molar-refractivity contribution >= 4 is 28.5 Å². The Morgan fingerprint density at radius 1 is 1.12 bits per heavy atom. The first-order chi connectivity index (χ1) is 12.5. The van der Waals surface area contributed by atoms with Gasteiger partial charge in [0.25, 0.3) is 0 Å². The van der Waals surface area contributed by atoms with Gasteiger partial charge in [0.2, 0.25) is 5.91 Å². The average molecular weight is 350 g/mol. The van der Waals surface area contributed by atoms with E-state index in [1.54, 1.807) is 18.2 Å². The fourth-order valence-electron chi connectivity index (χ4n) is 2.72. The van der Waals surface area contributed by atoms with Crippen molar-refractivity contribution in [3.63, 3.8) is 0 Å². The van der Waals surface area contributed by atoms with Crippen molar-refractivity contribution in [1.82, 2.24) is 4.98 Å². The molecule has 2 aromatic carbocycles. The summed E-state index contributed by atoms with van der Waals surface area (Å²) in [6.07, 6.45) is 0. The normalized spacial score (nSPS) is 10.5. The van der Waals surface area contributed by atoms with E-state index in [2.05, 4.69) is 10.3 Å². The van der Waals surface area contributed by atoms with E-state index in [0.717, 1.165) is 11.3 Å². The Labute approximate surface area is 150 Å². The van der Waals surface area contributed by atoms with Crippen LogP contribution in [0.4, 0.5) is 5.69 Å². The SMILES string of the molecule is CCOc1ccc(-c2cc(C(=O)O)c3cc(NC(C)=O)ccc3n2)cc1. The lowest BCUT2D eigenvalue weighted by molar-refractivity contribution is -0.114. The lowest BCUT2D eigenvalue weighted by Gasteiger charge is -2.10. The lowest BCUT2D eigenvalue weighted by Crippen LogP contribution is -2.06. The minimum absolute atomic E-state index is 0.131. The second-order valence-electron chi connectivity index (χ2n) is 5.73. The van der Waals surface area contributed by atoms with Gasteiger partial charge in [-0.05, 0) is 55.5 Å². The van der Waals surface area contributed by atoms with E-state index < -0.39 is 5.97 Å². The number of carboxylic acid groups (broad SMARTS) is 1. The Balaban J connectivity index is 2.10. The zero-order valence-electron chi connectivity index (χ0n) is 14.4. The highest BCUT2D eigenvalue weighted by molar-refractivity contribution is 6.05. The molecule has 0 spiro atoms. The number of carboxylic acids is 1. The van der Waals surface area contributed by atoms with Crippen molar-refractivity contribution in [2.24, 2.45) is 0 Å². The number of carbonyl (C=O) groups is 2. The number of benzene rings is 2. The van der Waals surface area contributed by atoms with Crippen LogP contribution in [0, 0.1) is 0 Å². The van der Waals surface area contributed by atoms with Crippen LogP contribution in [-0.4, -0.2) is 28.6 Å². The predicted molar refractivity (Wildman–Crippen MR) is 99.6 cm³/mol. The Bertz CT molecular complexity index is 981. The molecule has 26 heavy (non-hydrogen) atoms. The predicted octanol–water partition coefficient (Wildman–Crippen LogP) is 3.96. The summed E-state index contributed by atoms with van der Waals surface area (Å²) in [6.45, 7) is 3.89. The molecule has 6 nitrogen and oxygen atoms in total. The zero-order chi connectivity index (χ0) is 18.7. The number of ether oxygens (including phenoxy) is 1. The summed E-state index contributed by atoms with van der Waals surface area (Å²) in [5.41, 5.74) is 2.56. The molecule has 0 atom stereocenters. The van der Waals surface area contributed by atoms with Gasteiger partial charge in [-0.25, -0.2) is 9.78 Å². The molecule has 1 aromatic heterocycles. The summed E-state index contributed by atoms with van der Waals surface area (Å²) < 4.78 is 5.42. The van der Waals surface area contributed by atoms with Crippen molar-refractivity contribution in [2.45, 2.75) is 13.8 Å². The first-order valence-electron chi connectivity index (χ1n) is 8.17. The van der Waals surface area contributed by atoms with Crippen molar-refractivity contribution in [3.8, 4) is 17.0 Å². The molecule has 0 saturated heterocycles. The molecule has 0 fully saturated rings. The van der Waals surface area contributed by atoms with E-state index in [1.165, 1.54) is 13.0 Å². The van der Waals surface area contributed by atoms with Crippen LogP contribution in [-0.2, 0) is 4.79 Å². The summed E-state index contributed by atoms with van der Waals surface area (Å²) in [5.74, 6) is -0.528. The minimum Gasteiger partial charge on any atom is -0.494 e. The number of aromatic nitrogens is 1. The van der Waals surface area contributed by atoms with Crippen LogP contribution in [0.15, 0.2) is 48.5 Å². The third kappa shape index (κ3) is 3.64. The number of nitrogens with zero attached hydrogens (tertiary/aromatic N) is 1. The van der Waals surface area contributed by atoms with Crippen LogP contribution < -0.4 is 10.1 Å². The van der Waals surface area contributed by atoms with E-state index in [1.807, 2.05) is 31.2 Å². The number of aromatic carboxylic acids is 1. The maximum absolute atomic E-state index is 11.7. The molecule has 3 aromatic rings. The van der Waals surface area contributed by atoms with Crippen molar-refractivity contribution < 1.29 is 19.4 Å². The van der Waals surface area contributed by atoms with Gasteiger partial charge in [-0.15, -0.1) is 0 Å². The van der Waals surface area contributed by atoms with E-state index >= 15 is 0 Å². The van der Waals surface area contributed by atoms with Crippen molar-refractivity contribution in [1.29, 1.82) is 0 Å². The molecule has 6 heteroatoms. The number of carbonyl (C=O) groups excluding carboxylic acids is 1. The summed E-state index contributed by atoms with van der Waals surface area (Å²) in [4.78, 5) is 27.5. The van der Waals surface area contributed by atoms with E-state index in [4.69, 9.17) is 4.74 Å². The fraction of sp³-hybridized carbons (Fsp3) is 0.150. The van der Waals surface area contributed by atoms with Gasteiger partial charge in [-0.2, -0.15) is 0 Å². The number of nitrogens with one attached hydrogen (secondary N) is 1. The second kappa shape index (κ2) is 7.23. The molecule has 0 unspecified atom stereocenters. The van der Waals surface area contributed by atoms with Crippen LogP contribution in [0.1, 0.15) is 24.2 Å². The second-order valence-corrected chi connectivity index (χ2v) is 5.73. The smallest absolute Gasteiger partial charge is 0.336 e. The van der Waals surface area contributed by atoms with Gasteiger partial charge in [-0.1, -0.05) is 0 Å².